The van der Waals surface area contributed by atoms with E-state index < -0.39 is 5.60 Å². The summed E-state index contributed by atoms with van der Waals surface area (Å²) < 4.78 is 1.94. The number of carbonyl (C=O) groups is 1. The van der Waals surface area contributed by atoms with E-state index in [4.69, 9.17) is 0 Å². The summed E-state index contributed by atoms with van der Waals surface area (Å²) in [4.78, 5) is 12.2. The summed E-state index contributed by atoms with van der Waals surface area (Å²) in [5, 5.41) is 17.5. The van der Waals surface area contributed by atoms with Crippen molar-refractivity contribution in [3.8, 4) is 0 Å². The first-order valence-electron chi connectivity index (χ1n) is 8.06. The molecule has 0 aliphatic heterocycles. The Labute approximate surface area is 126 Å². The molecule has 0 atom stereocenters. The second-order valence-electron chi connectivity index (χ2n) is 6.20. The number of carbonyl (C=O) groups excluding carboxylic acids is 1. The van der Waals surface area contributed by atoms with Crippen molar-refractivity contribution < 1.29 is 9.90 Å². The highest BCUT2D eigenvalue weighted by atomic mass is 16.3. The van der Waals surface area contributed by atoms with Gasteiger partial charge in [-0.05, 0) is 38.7 Å². The van der Waals surface area contributed by atoms with Crippen molar-refractivity contribution >= 4 is 5.91 Å². The lowest BCUT2D eigenvalue weighted by molar-refractivity contribution is 0.0448. The first kappa shape index (κ1) is 16.0. The molecule has 1 aromatic rings. The van der Waals surface area contributed by atoms with Crippen molar-refractivity contribution in [3.63, 3.8) is 0 Å². The maximum Gasteiger partial charge on any atom is 0.271 e. The summed E-state index contributed by atoms with van der Waals surface area (Å²) in [6, 6.07) is 2.16. The van der Waals surface area contributed by atoms with Gasteiger partial charge in [-0.2, -0.15) is 5.10 Å². The first-order chi connectivity index (χ1) is 9.99. The Kier molecular flexibility index (Phi) is 5.04. The van der Waals surface area contributed by atoms with Crippen molar-refractivity contribution in [1.82, 2.24) is 15.1 Å². The topological polar surface area (TPSA) is 67.2 Å². The monoisotopic (exact) mass is 293 g/mol. The third-order valence-corrected chi connectivity index (χ3v) is 4.56. The van der Waals surface area contributed by atoms with E-state index in [1.165, 1.54) is 0 Å². The number of nitrogens with one attached hydrogen (secondary N) is 1. The van der Waals surface area contributed by atoms with Crippen LogP contribution in [0.2, 0.25) is 0 Å². The Morgan fingerprint density at radius 1 is 1.43 bits per heavy atom. The molecule has 2 N–H and O–H groups in total. The van der Waals surface area contributed by atoms with Crippen LogP contribution in [0.25, 0.3) is 0 Å². The first-order valence-corrected chi connectivity index (χ1v) is 8.06. The molecule has 0 bridgehead atoms. The van der Waals surface area contributed by atoms with Crippen LogP contribution in [0.4, 0.5) is 0 Å². The minimum Gasteiger partial charge on any atom is -0.388 e. The lowest BCUT2D eigenvalue weighted by Gasteiger charge is -2.21. The lowest BCUT2D eigenvalue weighted by Crippen LogP contribution is -2.40. The number of aromatic nitrogens is 2. The highest BCUT2D eigenvalue weighted by Crippen LogP contribution is 2.28. The average molecular weight is 293 g/mol. The van der Waals surface area contributed by atoms with Crippen LogP contribution in [-0.2, 0) is 0 Å². The molecule has 1 fully saturated rings. The number of aliphatic hydroxyl groups is 1. The molecule has 5 nitrogen and oxygen atoms in total. The molecule has 0 unspecified atom stereocenters. The maximum absolute atomic E-state index is 12.2. The molecular formula is C16H27N3O2. The van der Waals surface area contributed by atoms with E-state index in [1.54, 1.807) is 0 Å². The summed E-state index contributed by atoms with van der Waals surface area (Å²) in [5.74, 6) is -0.192. The molecule has 0 aromatic carbocycles. The molecule has 1 heterocycles. The highest BCUT2D eigenvalue weighted by Gasteiger charge is 2.31. The Morgan fingerprint density at radius 3 is 2.62 bits per heavy atom. The average Bonchev–Trinajstić information content (AvgIpc) is 3.06. The summed E-state index contributed by atoms with van der Waals surface area (Å²) >= 11 is 0. The van der Waals surface area contributed by atoms with E-state index in [2.05, 4.69) is 24.3 Å². The van der Waals surface area contributed by atoms with Crippen LogP contribution >= 0.6 is 0 Å². The number of nitrogens with zero attached hydrogens (tertiary/aromatic N) is 2. The lowest BCUT2D eigenvalue weighted by atomic mass is 10.0. The van der Waals surface area contributed by atoms with Crippen LogP contribution in [-0.4, -0.2) is 32.9 Å². The van der Waals surface area contributed by atoms with Crippen molar-refractivity contribution in [3.05, 3.63) is 17.5 Å². The van der Waals surface area contributed by atoms with Crippen molar-refractivity contribution in [2.45, 2.75) is 70.9 Å². The minimum absolute atomic E-state index is 0.192. The molecule has 1 aliphatic carbocycles. The van der Waals surface area contributed by atoms with Gasteiger partial charge in [0.05, 0.1) is 11.6 Å². The van der Waals surface area contributed by atoms with Gasteiger partial charge >= 0.3 is 0 Å². The van der Waals surface area contributed by atoms with Gasteiger partial charge in [0.15, 0.2) is 0 Å². The Balaban J connectivity index is 2.01. The minimum atomic E-state index is -0.720. The van der Waals surface area contributed by atoms with Gasteiger partial charge in [-0.3, -0.25) is 9.48 Å². The number of hydrogen-bond donors (Lipinski definition) is 2. The SMILES string of the molecule is CCC(CC)n1nc(C(=O)NCC2(O)CCCC2)cc1C. The molecule has 0 spiro atoms. The molecule has 1 saturated carbocycles. The zero-order chi connectivity index (χ0) is 15.5. The highest BCUT2D eigenvalue weighted by molar-refractivity contribution is 5.92. The van der Waals surface area contributed by atoms with E-state index >= 15 is 0 Å². The number of amides is 1. The van der Waals surface area contributed by atoms with Crippen LogP contribution in [0.3, 0.4) is 0 Å². The van der Waals surface area contributed by atoms with Crippen LogP contribution < -0.4 is 5.32 Å². The third-order valence-electron chi connectivity index (χ3n) is 4.56. The van der Waals surface area contributed by atoms with Crippen LogP contribution in [0.1, 0.15) is 74.6 Å². The quantitative estimate of drug-likeness (QED) is 0.847. The fourth-order valence-electron chi connectivity index (χ4n) is 3.15. The van der Waals surface area contributed by atoms with Crippen LogP contribution in [0.5, 0.6) is 0 Å². The predicted molar refractivity (Wildman–Crippen MR) is 82.3 cm³/mol. The summed E-state index contributed by atoms with van der Waals surface area (Å²) in [7, 11) is 0. The van der Waals surface area contributed by atoms with E-state index in [-0.39, 0.29) is 5.91 Å². The van der Waals surface area contributed by atoms with Gasteiger partial charge in [-0.15, -0.1) is 0 Å². The second kappa shape index (κ2) is 6.60. The summed E-state index contributed by atoms with van der Waals surface area (Å²) in [5.41, 5.74) is 0.734. The summed E-state index contributed by atoms with van der Waals surface area (Å²) in [6.45, 7) is 6.56. The molecule has 1 aromatic heterocycles. The molecule has 2 rings (SSSR count). The maximum atomic E-state index is 12.2. The molecular weight excluding hydrogens is 266 g/mol. The van der Waals surface area contributed by atoms with Gasteiger partial charge in [0, 0.05) is 12.2 Å². The molecule has 21 heavy (non-hydrogen) atoms. The zero-order valence-corrected chi connectivity index (χ0v) is 13.4. The van der Waals surface area contributed by atoms with Crippen LogP contribution in [0, 0.1) is 6.92 Å². The Morgan fingerprint density at radius 2 is 2.05 bits per heavy atom. The summed E-state index contributed by atoms with van der Waals surface area (Å²) in [6.07, 6.45) is 5.62. The Bertz CT molecular complexity index is 486. The smallest absolute Gasteiger partial charge is 0.271 e. The largest absolute Gasteiger partial charge is 0.388 e. The number of rotatable bonds is 6. The fourth-order valence-corrected chi connectivity index (χ4v) is 3.15. The van der Waals surface area contributed by atoms with Gasteiger partial charge in [0.25, 0.3) is 5.91 Å². The second-order valence-corrected chi connectivity index (χ2v) is 6.20. The molecule has 1 amide bonds. The predicted octanol–water partition coefficient (Wildman–Crippen LogP) is 2.59. The van der Waals surface area contributed by atoms with E-state index in [1.807, 2.05) is 17.7 Å². The van der Waals surface area contributed by atoms with Crippen molar-refractivity contribution in [1.29, 1.82) is 0 Å². The molecule has 1 aliphatic rings. The van der Waals surface area contributed by atoms with E-state index in [0.29, 0.717) is 18.3 Å². The number of aryl methyl sites for hydroxylation is 1. The van der Waals surface area contributed by atoms with Gasteiger partial charge in [-0.1, -0.05) is 26.7 Å². The fraction of sp³-hybridized carbons (Fsp3) is 0.750. The van der Waals surface area contributed by atoms with Gasteiger partial charge in [-0.25, -0.2) is 0 Å². The van der Waals surface area contributed by atoms with Crippen LogP contribution in [0.15, 0.2) is 6.07 Å². The molecule has 0 radical (unpaired) electrons. The van der Waals surface area contributed by atoms with E-state index in [0.717, 1.165) is 44.2 Å². The third kappa shape index (κ3) is 3.64. The zero-order valence-electron chi connectivity index (χ0n) is 13.4. The van der Waals surface area contributed by atoms with E-state index in [9.17, 15) is 9.90 Å². The molecule has 5 heteroatoms. The standard InChI is InChI=1S/C16H27N3O2/c1-4-13(5-2)19-12(3)10-14(18-19)15(20)17-11-16(21)8-6-7-9-16/h10,13,21H,4-9,11H2,1-3H3,(H,17,20). The Hall–Kier alpha value is -1.36. The van der Waals surface area contributed by atoms with Gasteiger partial charge in [0.1, 0.15) is 5.69 Å². The van der Waals surface area contributed by atoms with Crippen molar-refractivity contribution in [2.24, 2.45) is 0 Å². The van der Waals surface area contributed by atoms with Crippen molar-refractivity contribution in [2.75, 3.05) is 6.54 Å². The molecule has 118 valence electrons. The number of hydrogen-bond acceptors (Lipinski definition) is 3. The van der Waals surface area contributed by atoms with Gasteiger partial charge < -0.3 is 10.4 Å². The normalized spacial score (nSPS) is 17.4. The van der Waals surface area contributed by atoms with Gasteiger partial charge in [0.2, 0.25) is 0 Å². The molecule has 0 saturated heterocycles.